The molecule has 5 aliphatic carbocycles. The monoisotopic (exact) mass is 482 g/mol. The van der Waals surface area contributed by atoms with E-state index < -0.39 is 0 Å². The van der Waals surface area contributed by atoms with E-state index in [1.807, 2.05) is 0 Å². The zero-order valence-corrected chi connectivity index (χ0v) is 23.5. The summed E-state index contributed by atoms with van der Waals surface area (Å²) in [6.07, 6.45) is 11.9. The van der Waals surface area contributed by atoms with E-state index in [9.17, 15) is 14.7 Å². The first-order chi connectivity index (χ1) is 16.3. The van der Waals surface area contributed by atoms with Crippen LogP contribution in [0.2, 0.25) is 0 Å². The third-order valence-electron chi connectivity index (χ3n) is 12.7. The zero-order chi connectivity index (χ0) is 25.6. The molecule has 0 aromatic carbocycles. The van der Waals surface area contributed by atoms with E-state index in [4.69, 9.17) is 0 Å². The molecule has 4 saturated carbocycles. The number of carbonyl (C=O) groups excluding carboxylic acids is 2. The van der Waals surface area contributed by atoms with Crippen LogP contribution in [0, 0.1) is 57.2 Å². The SMILES string of the molecule is CCC(C)C(=O)C12CCC3C(C(=O)C=C4C5(C)CCC(O)C(C)C5CCC43C)C1CC(C)(C)CC2. The zero-order valence-electron chi connectivity index (χ0n) is 23.5. The van der Waals surface area contributed by atoms with Gasteiger partial charge in [0.05, 0.1) is 6.10 Å². The first-order valence-electron chi connectivity index (χ1n) is 14.8. The van der Waals surface area contributed by atoms with Gasteiger partial charge < -0.3 is 5.11 Å². The summed E-state index contributed by atoms with van der Waals surface area (Å²) in [6.45, 7) is 16.1. The van der Waals surface area contributed by atoms with E-state index >= 15 is 0 Å². The van der Waals surface area contributed by atoms with Gasteiger partial charge in [0.15, 0.2) is 5.78 Å². The molecule has 0 heterocycles. The van der Waals surface area contributed by atoms with Crippen LogP contribution in [0.25, 0.3) is 0 Å². The quantitative estimate of drug-likeness (QED) is 0.464. The molecule has 3 nitrogen and oxygen atoms in total. The van der Waals surface area contributed by atoms with Crippen molar-refractivity contribution in [2.24, 2.45) is 57.2 Å². The van der Waals surface area contributed by atoms with Gasteiger partial charge in [-0.1, -0.05) is 54.0 Å². The number of carbonyl (C=O) groups is 2. The van der Waals surface area contributed by atoms with Gasteiger partial charge in [-0.2, -0.15) is 0 Å². The summed E-state index contributed by atoms with van der Waals surface area (Å²) in [4.78, 5) is 28.2. The van der Waals surface area contributed by atoms with Crippen LogP contribution in [0.1, 0.15) is 113 Å². The van der Waals surface area contributed by atoms with Crippen LogP contribution in [0.3, 0.4) is 0 Å². The van der Waals surface area contributed by atoms with Crippen molar-refractivity contribution in [3.63, 3.8) is 0 Å². The molecule has 10 unspecified atom stereocenters. The number of allylic oxidation sites excluding steroid dienone is 2. The van der Waals surface area contributed by atoms with E-state index in [2.05, 4.69) is 54.5 Å². The topological polar surface area (TPSA) is 54.4 Å². The Hall–Kier alpha value is -0.960. The lowest BCUT2D eigenvalue weighted by Crippen LogP contribution is -2.61. The maximum Gasteiger partial charge on any atom is 0.159 e. The Bertz CT molecular complexity index is 931. The Labute approximate surface area is 213 Å². The fourth-order valence-corrected chi connectivity index (χ4v) is 10.4. The summed E-state index contributed by atoms with van der Waals surface area (Å²) in [5.74, 6) is 2.15. The van der Waals surface area contributed by atoms with Crippen molar-refractivity contribution < 1.29 is 14.7 Å². The van der Waals surface area contributed by atoms with E-state index in [0.29, 0.717) is 29.3 Å². The van der Waals surface area contributed by atoms with Crippen molar-refractivity contribution in [1.29, 1.82) is 0 Å². The lowest BCUT2D eigenvalue weighted by Gasteiger charge is -2.65. The highest BCUT2D eigenvalue weighted by molar-refractivity contribution is 5.96. The number of fused-ring (bicyclic) bond motifs is 7. The molecule has 0 aromatic rings. The highest BCUT2D eigenvalue weighted by Crippen LogP contribution is 2.70. The molecule has 3 heteroatoms. The van der Waals surface area contributed by atoms with Crippen molar-refractivity contribution in [3.8, 4) is 0 Å². The second-order valence-corrected chi connectivity index (χ2v) is 14.9. The summed E-state index contributed by atoms with van der Waals surface area (Å²) in [5.41, 5.74) is 1.35. The number of hydrogen-bond acceptors (Lipinski definition) is 3. The largest absolute Gasteiger partial charge is 0.393 e. The average Bonchev–Trinajstić information content (AvgIpc) is 2.81. The third-order valence-corrected chi connectivity index (χ3v) is 12.7. The molecule has 196 valence electrons. The van der Waals surface area contributed by atoms with Gasteiger partial charge in [0.1, 0.15) is 5.78 Å². The molecule has 0 aliphatic heterocycles. The summed E-state index contributed by atoms with van der Waals surface area (Å²) < 4.78 is 0. The van der Waals surface area contributed by atoms with Crippen LogP contribution in [0.5, 0.6) is 0 Å². The Balaban J connectivity index is 1.59. The summed E-state index contributed by atoms with van der Waals surface area (Å²) >= 11 is 0. The van der Waals surface area contributed by atoms with Crippen molar-refractivity contribution >= 4 is 11.6 Å². The minimum absolute atomic E-state index is 0.00293. The highest BCUT2D eigenvalue weighted by atomic mass is 16.3. The maximum absolute atomic E-state index is 14.2. The van der Waals surface area contributed by atoms with Crippen molar-refractivity contribution in [1.82, 2.24) is 0 Å². The van der Waals surface area contributed by atoms with Gasteiger partial charge in [-0.25, -0.2) is 0 Å². The second-order valence-electron chi connectivity index (χ2n) is 14.9. The smallest absolute Gasteiger partial charge is 0.159 e. The second kappa shape index (κ2) is 8.27. The molecular formula is C32H50O3. The summed E-state index contributed by atoms with van der Waals surface area (Å²) in [5, 5.41) is 10.6. The maximum atomic E-state index is 14.2. The lowest BCUT2D eigenvalue weighted by molar-refractivity contribution is -0.163. The van der Waals surface area contributed by atoms with E-state index in [1.165, 1.54) is 5.57 Å². The summed E-state index contributed by atoms with van der Waals surface area (Å²) in [6, 6.07) is 0. The molecule has 0 saturated heterocycles. The Morgan fingerprint density at radius 3 is 2.29 bits per heavy atom. The van der Waals surface area contributed by atoms with E-state index in [0.717, 1.165) is 64.2 Å². The number of ketones is 2. The van der Waals surface area contributed by atoms with Gasteiger partial charge in [0.25, 0.3) is 0 Å². The van der Waals surface area contributed by atoms with Crippen LogP contribution in [0.4, 0.5) is 0 Å². The summed E-state index contributed by atoms with van der Waals surface area (Å²) in [7, 11) is 0. The predicted octanol–water partition coefficient (Wildman–Crippen LogP) is 7.16. The Morgan fingerprint density at radius 1 is 0.971 bits per heavy atom. The molecule has 0 aromatic heterocycles. The molecule has 35 heavy (non-hydrogen) atoms. The van der Waals surface area contributed by atoms with Crippen LogP contribution in [-0.2, 0) is 9.59 Å². The fraction of sp³-hybridized carbons (Fsp3) is 0.875. The Morgan fingerprint density at radius 2 is 1.60 bits per heavy atom. The van der Waals surface area contributed by atoms with Crippen LogP contribution < -0.4 is 0 Å². The first kappa shape index (κ1) is 25.7. The molecule has 5 rings (SSSR count). The normalized spacial score (nSPS) is 49.6. The van der Waals surface area contributed by atoms with Crippen molar-refractivity contribution in [2.75, 3.05) is 0 Å². The Kier molecular flexibility index (Phi) is 6.07. The molecule has 0 spiro atoms. The molecule has 0 amide bonds. The minimum Gasteiger partial charge on any atom is -0.393 e. The predicted molar refractivity (Wildman–Crippen MR) is 141 cm³/mol. The average molecular weight is 483 g/mol. The number of aliphatic hydroxyl groups is 1. The van der Waals surface area contributed by atoms with E-state index in [1.54, 1.807) is 0 Å². The number of rotatable bonds is 3. The molecular weight excluding hydrogens is 432 g/mol. The number of Topliss-reactive ketones (excluding diaryl/α,β-unsaturated/α-hetero) is 1. The number of hydrogen-bond donors (Lipinski definition) is 1. The molecule has 4 fully saturated rings. The van der Waals surface area contributed by atoms with Gasteiger partial charge in [0, 0.05) is 17.3 Å². The van der Waals surface area contributed by atoms with Crippen LogP contribution in [0.15, 0.2) is 11.6 Å². The first-order valence-corrected chi connectivity index (χ1v) is 14.8. The van der Waals surface area contributed by atoms with Crippen molar-refractivity contribution in [3.05, 3.63) is 11.6 Å². The lowest BCUT2D eigenvalue weighted by atomic mass is 9.38. The van der Waals surface area contributed by atoms with Gasteiger partial charge >= 0.3 is 0 Å². The fourth-order valence-electron chi connectivity index (χ4n) is 10.4. The number of aliphatic hydroxyl groups excluding tert-OH is 1. The van der Waals surface area contributed by atoms with Gasteiger partial charge in [0.2, 0.25) is 0 Å². The molecule has 5 aliphatic rings. The standard InChI is InChI=1S/C32H50O3/c1-8-19(2)28(35)32-14-10-22-27(23(32)18-29(4,5)15-16-32)25(34)17-26-30(6)13-11-24(33)20(3)21(30)9-12-31(22,26)7/h17,19-24,27,33H,8-16,18H2,1-7H3. The van der Waals surface area contributed by atoms with Gasteiger partial charge in [-0.05, 0) is 110 Å². The van der Waals surface area contributed by atoms with E-state index in [-0.39, 0.29) is 45.5 Å². The molecule has 0 radical (unpaired) electrons. The molecule has 1 N–H and O–H groups in total. The third kappa shape index (κ3) is 3.52. The van der Waals surface area contributed by atoms with Gasteiger partial charge in [-0.3, -0.25) is 9.59 Å². The van der Waals surface area contributed by atoms with Crippen LogP contribution >= 0.6 is 0 Å². The minimum atomic E-state index is -0.298. The highest BCUT2D eigenvalue weighted by Gasteiger charge is 2.65. The molecule has 0 bridgehead atoms. The van der Waals surface area contributed by atoms with Gasteiger partial charge in [-0.15, -0.1) is 0 Å². The van der Waals surface area contributed by atoms with Crippen LogP contribution in [-0.4, -0.2) is 22.8 Å². The van der Waals surface area contributed by atoms with Crippen molar-refractivity contribution in [2.45, 2.75) is 119 Å². The molecule has 10 atom stereocenters.